The number of aryl methyl sites for hydroxylation is 1. The summed E-state index contributed by atoms with van der Waals surface area (Å²) in [6.07, 6.45) is 2.08. The highest BCUT2D eigenvalue weighted by Gasteiger charge is 2.05. The molecule has 0 bridgehead atoms. The minimum atomic E-state index is 0. The molecule has 16 heavy (non-hydrogen) atoms. The van der Waals surface area contributed by atoms with Crippen LogP contribution in [0.5, 0.6) is 0 Å². The van der Waals surface area contributed by atoms with Crippen molar-refractivity contribution in [3.8, 4) is 0 Å². The third-order valence-corrected chi connectivity index (χ3v) is 3.26. The van der Waals surface area contributed by atoms with Crippen molar-refractivity contribution in [3.63, 3.8) is 0 Å². The molecule has 0 saturated heterocycles. The lowest BCUT2D eigenvalue weighted by molar-refractivity contribution is 0.889. The second-order valence-electron chi connectivity index (χ2n) is 3.48. The van der Waals surface area contributed by atoms with Crippen LogP contribution in [0, 0.1) is 0 Å². The lowest BCUT2D eigenvalue weighted by Crippen LogP contribution is -1.91. The highest BCUT2D eigenvalue weighted by atomic mass is 79.9. The Bertz CT molecular complexity index is 500. The van der Waals surface area contributed by atoms with Gasteiger partial charge in [-0.1, -0.05) is 53.0 Å². The topological polar surface area (TPSA) is 12.9 Å². The average Bonchev–Trinajstić information content (AvgIpc) is 2.20. The second-order valence-corrected chi connectivity index (χ2v) is 4.74. The van der Waals surface area contributed by atoms with Gasteiger partial charge in [0.1, 0.15) is 0 Å². The molecule has 0 saturated carbocycles. The normalized spacial score (nSPS) is 10.2. The Morgan fingerprint density at radius 2 is 2.12 bits per heavy atom. The van der Waals surface area contributed by atoms with Crippen molar-refractivity contribution in [1.29, 1.82) is 0 Å². The number of rotatable bonds is 2. The zero-order valence-corrected chi connectivity index (χ0v) is 12.9. The van der Waals surface area contributed by atoms with E-state index in [1.807, 2.05) is 18.2 Å². The summed E-state index contributed by atoms with van der Waals surface area (Å²) in [5.74, 6) is 0. The van der Waals surface area contributed by atoms with Crippen LogP contribution < -0.4 is 0 Å². The molecule has 0 aliphatic rings. The van der Waals surface area contributed by atoms with E-state index in [1.165, 1.54) is 0 Å². The van der Waals surface area contributed by atoms with Crippen LogP contribution >= 0.6 is 44.5 Å². The maximum atomic E-state index is 6.12. The highest BCUT2D eigenvalue weighted by Crippen LogP contribution is 2.28. The molecule has 0 aliphatic heterocycles. The predicted molar refractivity (Wildman–Crippen MR) is 78.8 cm³/mol. The van der Waals surface area contributed by atoms with Gasteiger partial charge in [0.25, 0.3) is 0 Å². The summed E-state index contributed by atoms with van der Waals surface area (Å²) >= 11 is 9.67. The Kier molecular flexibility index (Phi) is 5.22. The first-order chi connectivity index (χ1) is 7.22. The van der Waals surface area contributed by atoms with Crippen LogP contribution in [0.4, 0.5) is 0 Å². The molecule has 86 valence electrons. The van der Waals surface area contributed by atoms with Gasteiger partial charge in [0.05, 0.1) is 10.5 Å². The monoisotopic (exact) mass is 363 g/mol. The summed E-state index contributed by atoms with van der Waals surface area (Å²) in [7, 11) is 0. The average molecular weight is 365 g/mol. The van der Waals surface area contributed by atoms with Crippen LogP contribution in [0.25, 0.3) is 10.9 Å². The summed E-state index contributed by atoms with van der Waals surface area (Å²) in [6.45, 7) is 2.15. The van der Waals surface area contributed by atoms with E-state index in [9.17, 15) is 0 Å². The molecule has 0 unspecified atom stereocenters. The summed E-state index contributed by atoms with van der Waals surface area (Å²) in [5.41, 5.74) is 1.97. The zero-order valence-electron chi connectivity index (χ0n) is 8.84. The molecule has 0 atom stereocenters. The fourth-order valence-electron chi connectivity index (χ4n) is 1.61. The van der Waals surface area contributed by atoms with E-state index in [1.54, 1.807) is 0 Å². The molecule has 2 aromatic rings. The van der Waals surface area contributed by atoms with Crippen LogP contribution in [0.15, 0.2) is 28.7 Å². The van der Waals surface area contributed by atoms with E-state index < -0.39 is 0 Å². The van der Waals surface area contributed by atoms with Crippen molar-refractivity contribution in [1.82, 2.24) is 4.98 Å². The molecule has 4 heteroatoms. The molecule has 0 spiro atoms. The van der Waals surface area contributed by atoms with Gasteiger partial charge < -0.3 is 0 Å². The lowest BCUT2D eigenvalue weighted by atomic mass is 10.1. The van der Waals surface area contributed by atoms with Gasteiger partial charge in [-0.25, -0.2) is 0 Å². The van der Waals surface area contributed by atoms with Crippen LogP contribution in [0.3, 0.4) is 0 Å². The smallest absolute Gasteiger partial charge is 0.0902 e. The number of pyridine rings is 1. The summed E-state index contributed by atoms with van der Waals surface area (Å²) in [5, 5.41) is 1.79. The summed E-state index contributed by atoms with van der Waals surface area (Å²) < 4.78 is 1.07. The fourth-order valence-corrected chi connectivity index (χ4v) is 2.41. The van der Waals surface area contributed by atoms with Crippen LogP contribution in [0.2, 0.25) is 5.02 Å². The number of hydrogen-bond acceptors (Lipinski definition) is 1. The van der Waals surface area contributed by atoms with Gasteiger partial charge >= 0.3 is 0 Å². The number of nitrogens with zero attached hydrogens (tertiary/aromatic N) is 1. The second kappa shape index (κ2) is 5.99. The quantitative estimate of drug-likeness (QED) is 0.714. The lowest BCUT2D eigenvalue weighted by Gasteiger charge is -2.05. The SMILES string of the molecule is Br.CCCc1cc(Br)c2cccc(Cl)c2n1. The highest BCUT2D eigenvalue weighted by molar-refractivity contribution is 9.10. The number of para-hydroxylation sites is 1. The molecule has 2 rings (SSSR count). The number of aromatic nitrogens is 1. The van der Waals surface area contributed by atoms with Crippen LogP contribution in [-0.2, 0) is 6.42 Å². The standard InChI is InChI=1S/C12H11BrClN.BrH/c1-2-4-8-7-10(13)9-5-3-6-11(14)12(9)15-8;/h3,5-7H,2,4H2,1H3;1H. The molecular weight excluding hydrogens is 353 g/mol. The van der Waals surface area contributed by atoms with Crippen LogP contribution in [0.1, 0.15) is 19.0 Å². The molecule has 1 heterocycles. The van der Waals surface area contributed by atoms with Gasteiger partial charge in [0, 0.05) is 15.6 Å². The molecule has 0 N–H and O–H groups in total. The van der Waals surface area contributed by atoms with E-state index in [4.69, 9.17) is 11.6 Å². The maximum absolute atomic E-state index is 6.12. The van der Waals surface area contributed by atoms with Crippen molar-refractivity contribution in [2.24, 2.45) is 0 Å². The molecule has 0 radical (unpaired) electrons. The predicted octanol–water partition coefficient (Wildman–Crippen LogP) is 5.18. The maximum Gasteiger partial charge on any atom is 0.0902 e. The van der Waals surface area contributed by atoms with E-state index in [0.717, 1.165) is 33.9 Å². The van der Waals surface area contributed by atoms with Crippen molar-refractivity contribution in [3.05, 3.63) is 39.5 Å². The minimum absolute atomic E-state index is 0. The summed E-state index contributed by atoms with van der Waals surface area (Å²) in [6, 6.07) is 7.91. The number of fused-ring (bicyclic) bond motifs is 1. The molecular formula is C12H12Br2ClN. The Morgan fingerprint density at radius 3 is 2.81 bits per heavy atom. The van der Waals surface area contributed by atoms with Gasteiger partial charge in [0.2, 0.25) is 0 Å². The largest absolute Gasteiger partial charge is 0.251 e. The van der Waals surface area contributed by atoms with Gasteiger partial charge in [0.15, 0.2) is 0 Å². The molecule has 0 aliphatic carbocycles. The van der Waals surface area contributed by atoms with Gasteiger partial charge in [-0.15, -0.1) is 17.0 Å². The first kappa shape index (κ1) is 13.9. The Balaban J connectivity index is 0.00000128. The number of hydrogen-bond donors (Lipinski definition) is 0. The third-order valence-electron chi connectivity index (χ3n) is 2.30. The Labute approximate surface area is 119 Å². The van der Waals surface area contributed by atoms with Crippen molar-refractivity contribution < 1.29 is 0 Å². The van der Waals surface area contributed by atoms with Crippen molar-refractivity contribution in [2.45, 2.75) is 19.8 Å². The molecule has 1 aromatic carbocycles. The Morgan fingerprint density at radius 1 is 1.38 bits per heavy atom. The first-order valence-corrected chi connectivity index (χ1v) is 6.13. The number of halogens is 3. The van der Waals surface area contributed by atoms with Gasteiger partial charge in [-0.2, -0.15) is 0 Å². The first-order valence-electron chi connectivity index (χ1n) is 4.96. The van der Waals surface area contributed by atoms with Crippen LogP contribution in [-0.4, -0.2) is 4.98 Å². The molecule has 1 aromatic heterocycles. The van der Waals surface area contributed by atoms with E-state index in [2.05, 4.69) is 33.9 Å². The molecule has 0 fully saturated rings. The Hall–Kier alpha value is -0.120. The van der Waals surface area contributed by atoms with Gasteiger partial charge in [-0.3, -0.25) is 4.98 Å². The van der Waals surface area contributed by atoms with Crippen molar-refractivity contribution in [2.75, 3.05) is 0 Å². The van der Waals surface area contributed by atoms with E-state index in [0.29, 0.717) is 5.02 Å². The third kappa shape index (κ3) is 2.76. The number of benzene rings is 1. The zero-order chi connectivity index (χ0) is 10.8. The minimum Gasteiger partial charge on any atom is -0.251 e. The molecule has 0 amide bonds. The molecule has 1 nitrogen and oxygen atoms in total. The van der Waals surface area contributed by atoms with E-state index in [-0.39, 0.29) is 17.0 Å². The van der Waals surface area contributed by atoms with Gasteiger partial charge in [-0.05, 0) is 18.6 Å². The van der Waals surface area contributed by atoms with Crippen molar-refractivity contribution >= 4 is 55.4 Å². The van der Waals surface area contributed by atoms with E-state index >= 15 is 0 Å². The summed E-state index contributed by atoms with van der Waals surface area (Å²) in [4.78, 5) is 4.56. The fraction of sp³-hybridized carbons (Fsp3) is 0.250.